The zero-order chi connectivity index (χ0) is 16.4. The summed E-state index contributed by atoms with van der Waals surface area (Å²) in [6, 6.07) is 11.6. The van der Waals surface area contributed by atoms with Crippen molar-refractivity contribution in [1.29, 1.82) is 0 Å². The Morgan fingerprint density at radius 3 is 2.65 bits per heavy atom. The predicted molar refractivity (Wildman–Crippen MR) is 88.8 cm³/mol. The van der Waals surface area contributed by atoms with Crippen LogP contribution in [0.5, 0.6) is 0 Å². The van der Waals surface area contributed by atoms with E-state index in [2.05, 4.69) is 10.3 Å². The third kappa shape index (κ3) is 3.32. The predicted octanol–water partition coefficient (Wildman–Crippen LogP) is 2.06. The van der Waals surface area contributed by atoms with Crippen molar-refractivity contribution < 1.29 is 4.79 Å². The zero-order valence-electron chi connectivity index (χ0n) is 12.0. The van der Waals surface area contributed by atoms with Gasteiger partial charge in [0.1, 0.15) is 5.65 Å². The number of anilines is 1. The molecule has 0 spiro atoms. The van der Waals surface area contributed by atoms with E-state index >= 15 is 0 Å². The van der Waals surface area contributed by atoms with Crippen LogP contribution in [0.15, 0.2) is 53.5 Å². The summed E-state index contributed by atoms with van der Waals surface area (Å²) in [6.07, 6.45) is 1.53. The fraction of sp³-hybridized carbons (Fsp3) is 0.0625. The van der Waals surface area contributed by atoms with Gasteiger partial charge in [0, 0.05) is 23.5 Å². The molecule has 0 saturated heterocycles. The zero-order valence-corrected chi connectivity index (χ0v) is 12.7. The number of halogens is 1. The number of carbonyl (C=O) groups excluding carboxylic acids is 1. The molecule has 3 rings (SSSR count). The first-order valence-corrected chi connectivity index (χ1v) is 7.22. The lowest BCUT2D eigenvalue weighted by Gasteiger charge is -2.08. The molecule has 0 saturated carbocycles. The molecule has 0 atom stereocenters. The maximum absolute atomic E-state index is 12.1. The summed E-state index contributed by atoms with van der Waals surface area (Å²) in [5.74, 6) is -0.473. The number of benzene rings is 1. The van der Waals surface area contributed by atoms with E-state index in [1.165, 1.54) is 16.7 Å². The highest BCUT2D eigenvalue weighted by atomic mass is 35.5. The van der Waals surface area contributed by atoms with Crippen molar-refractivity contribution in [3.8, 4) is 0 Å². The van der Waals surface area contributed by atoms with Gasteiger partial charge in [-0.1, -0.05) is 11.6 Å². The van der Waals surface area contributed by atoms with Gasteiger partial charge in [-0.2, -0.15) is 0 Å². The molecule has 0 aliphatic heterocycles. The first-order chi connectivity index (χ1) is 11.0. The molecule has 2 heterocycles. The minimum absolute atomic E-state index is 0.196. The second-order valence-corrected chi connectivity index (χ2v) is 5.39. The highest BCUT2D eigenvalue weighted by Gasteiger charge is 2.04. The Labute approximate surface area is 136 Å². The Hall–Kier alpha value is -2.86. The van der Waals surface area contributed by atoms with Crippen molar-refractivity contribution in [3.05, 3.63) is 75.3 Å². The summed E-state index contributed by atoms with van der Waals surface area (Å²) in [5, 5.41) is 3.62. The van der Waals surface area contributed by atoms with Crippen molar-refractivity contribution in [1.82, 2.24) is 9.38 Å². The van der Waals surface area contributed by atoms with E-state index in [4.69, 9.17) is 17.3 Å². The summed E-state index contributed by atoms with van der Waals surface area (Å²) in [5.41, 5.74) is 7.37. The molecule has 0 fully saturated rings. The van der Waals surface area contributed by atoms with Gasteiger partial charge in [0.05, 0.1) is 17.3 Å². The molecule has 116 valence electrons. The van der Waals surface area contributed by atoms with E-state index in [0.717, 1.165) is 5.69 Å². The van der Waals surface area contributed by atoms with Crippen LogP contribution in [0.4, 0.5) is 5.69 Å². The Kier molecular flexibility index (Phi) is 3.99. The Morgan fingerprint density at radius 2 is 1.96 bits per heavy atom. The van der Waals surface area contributed by atoms with Gasteiger partial charge in [0.25, 0.3) is 5.56 Å². The normalized spacial score (nSPS) is 10.7. The Bertz CT molecular complexity index is 935. The quantitative estimate of drug-likeness (QED) is 0.767. The lowest BCUT2D eigenvalue weighted by atomic mass is 10.2. The van der Waals surface area contributed by atoms with Gasteiger partial charge in [-0.3, -0.25) is 14.0 Å². The van der Waals surface area contributed by atoms with Crippen LogP contribution >= 0.6 is 11.6 Å². The van der Waals surface area contributed by atoms with Gasteiger partial charge in [0.2, 0.25) is 5.91 Å². The molecule has 1 aromatic carbocycles. The highest BCUT2D eigenvalue weighted by Crippen LogP contribution is 2.11. The molecule has 0 bridgehead atoms. The van der Waals surface area contributed by atoms with E-state index in [-0.39, 0.29) is 5.56 Å². The van der Waals surface area contributed by atoms with Gasteiger partial charge < -0.3 is 11.1 Å². The van der Waals surface area contributed by atoms with Crippen molar-refractivity contribution in [2.45, 2.75) is 6.54 Å². The second kappa shape index (κ2) is 6.10. The molecule has 6 nitrogen and oxygen atoms in total. The largest absolute Gasteiger partial charge is 0.379 e. The van der Waals surface area contributed by atoms with Crippen molar-refractivity contribution in [3.63, 3.8) is 0 Å². The molecule has 0 radical (unpaired) electrons. The summed E-state index contributed by atoms with van der Waals surface area (Å²) in [4.78, 5) is 27.5. The van der Waals surface area contributed by atoms with Crippen LogP contribution < -0.4 is 16.6 Å². The molecule has 3 aromatic rings. The van der Waals surface area contributed by atoms with E-state index in [1.807, 2.05) is 0 Å². The van der Waals surface area contributed by atoms with Crippen LogP contribution in [-0.2, 0) is 6.54 Å². The standard InChI is InChI=1S/C16H13ClN4O2/c17-11-3-6-14-20-13(7-15(22)21(14)9-11)8-19-12-4-1-10(2-5-12)16(18)23/h1-7,9,19H,8H2,(H2,18,23). The lowest BCUT2D eigenvalue weighted by Crippen LogP contribution is -2.16. The Balaban J connectivity index is 1.80. The van der Waals surface area contributed by atoms with Crippen molar-refractivity contribution in [2.24, 2.45) is 5.73 Å². The molecule has 0 unspecified atom stereocenters. The number of carbonyl (C=O) groups is 1. The number of amides is 1. The number of nitrogens with one attached hydrogen (secondary N) is 1. The minimum atomic E-state index is -0.473. The SMILES string of the molecule is NC(=O)c1ccc(NCc2cc(=O)n3cc(Cl)ccc3n2)cc1. The van der Waals surface area contributed by atoms with Crippen molar-refractivity contribution in [2.75, 3.05) is 5.32 Å². The molecule has 1 amide bonds. The topological polar surface area (TPSA) is 89.5 Å². The molecule has 23 heavy (non-hydrogen) atoms. The van der Waals surface area contributed by atoms with Gasteiger partial charge >= 0.3 is 0 Å². The number of fused-ring (bicyclic) bond motifs is 1. The maximum atomic E-state index is 12.1. The van der Waals surface area contributed by atoms with E-state index in [1.54, 1.807) is 36.4 Å². The van der Waals surface area contributed by atoms with Gasteiger partial charge in [-0.05, 0) is 36.4 Å². The van der Waals surface area contributed by atoms with E-state index < -0.39 is 5.91 Å². The van der Waals surface area contributed by atoms with Gasteiger partial charge in [-0.25, -0.2) is 4.98 Å². The third-order valence-electron chi connectivity index (χ3n) is 3.32. The van der Waals surface area contributed by atoms with Gasteiger partial charge in [-0.15, -0.1) is 0 Å². The van der Waals surface area contributed by atoms with Crippen LogP contribution in [0.25, 0.3) is 5.65 Å². The number of nitrogens with two attached hydrogens (primary N) is 1. The number of pyridine rings is 1. The number of hydrogen-bond donors (Lipinski definition) is 2. The number of nitrogens with zero attached hydrogens (tertiary/aromatic N) is 2. The third-order valence-corrected chi connectivity index (χ3v) is 3.54. The average molecular weight is 329 g/mol. The number of aromatic nitrogens is 2. The van der Waals surface area contributed by atoms with Crippen LogP contribution in [0.2, 0.25) is 5.02 Å². The van der Waals surface area contributed by atoms with E-state index in [9.17, 15) is 9.59 Å². The minimum Gasteiger partial charge on any atom is -0.379 e. The van der Waals surface area contributed by atoms with Crippen LogP contribution in [-0.4, -0.2) is 15.3 Å². The highest BCUT2D eigenvalue weighted by molar-refractivity contribution is 6.30. The molecule has 0 aliphatic carbocycles. The van der Waals surface area contributed by atoms with Crippen LogP contribution in [0.1, 0.15) is 16.1 Å². The summed E-state index contributed by atoms with van der Waals surface area (Å²) in [7, 11) is 0. The fourth-order valence-electron chi connectivity index (χ4n) is 2.16. The molecular formula is C16H13ClN4O2. The van der Waals surface area contributed by atoms with Crippen molar-refractivity contribution >= 4 is 28.8 Å². The van der Waals surface area contributed by atoms with E-state index in [0.29, 0.717) is 28.5 Å². The molecule has 7 heteroatoms. The smallest absolute Gasteiger partial charge is 0.258 e. The molecular weight excluding hydrogens is 316 g/mol. The first kappa shape index (κ1) is 15.1. The summed E-state index contributed by atoms with van der Waals surface area (Å²) in [6.45, 7) is 0.379. The maximum Gasteiger partial charge on any atom is 0.258 e. The first-order valence-electron chi connectivity index (χ1n) is 6.84. The second-order valence-electron chi connectivity index (χ2n) is 4.96. The van der Waals surface area contributed by atoms with Crippen LogP contribution in [0.3, 0.4) is 0 Å². The monoisotopic (exact) mass is 328 g/mol. The Morgan fingerprint density at radius 1 is 1.22 bits per heavy atom. The summed E-state index contributed by atoms with van der Waals surface area (Å²) >= 11 is 5.87. The van der Waals surface area contributed by atoms with Gasteiger partial charge in [0.15, 0.2) is 0 Å². The lowest BCUT2D eigenvalue weighted by molar-refractivity contribution is 0.100. The molecule has 3 N–H and O–H groups in total. The summed E-state index contributed by atoms with van der Waals surface area (Å²) < 4.78 is 1.40. The molecule has 0 aliphatic rings. The van der Waals surface area contributed by atoms with Crippen LogP contribution in [0, 0.1) is 0 Å². The number of primary amides is 1. The number of rotatable bonds is 4. The molecule has 2 aromatic heterocycles. The average Bonchev–Trinajstić information content (AvgIpc) is 2.54. The fourth-order valence-corrected chi connectivity index (χ4v) is 2.32. The number of hydrogen-bond acceptors (Lipinski definition) is 4.